The van der Waals surface area contributed by atoms with Gasteiger partial charge >= 0.3 is 0 Å². The van der Waals surface area contributed by atoms with E-state index in [0.29, 0.717) is 11.3 Å². The van der Waals surface area contributed by atoms with Crippen molar-refractivity contribution in [2.75, 3.05) is 11.9 Å². The number of nitrogens with two attached hydrogens (primary N) is 1. The van der Waals surface area contributed by atoms with Gasteiger partial charge in [0, 0.05) is 24.7 Å². The third kappa shape index (κ3) is 3.28. The molecule has 0 aliphatic carbocycles. The standard InChI is InChI=1S/C15H15F2N3O/c1-20(9-11-4-2-3-5-12(11)16)14-7-6-10(8-13(14)17)15(18)19-21/h2-8,21H,9H2,1H3,(H2,18,19). The van der Waals surface area contributed by atoms with E-state index in [0.717, 1.165) is 0 Å². The molecule has 0 atom stereocenters. The van der Waals surface area contributed by atoms with E-state index in [4.69, 9.17) is 10.9 Å². The summed E-state index contributed by atoms with van der Waals surface area (Å²) < 4.78 is 27.7. The lowest BCUT2D eigenvalue weighted by Crippen LogP contribution is -2.19. The van der Waals surface area contributed by atoms with Crippen LogP contribution in [0.1, 0.15) is 11.1 Å². The molecule has 0 aliphatic heterocycles. The van der Waals surface area contributed by atoms with E-state index in [-0.39, 0.29) is 23.8 Å². The van der Waals surface area contributed by atoms with E-state index in [1.165, 1.54) is 24.3 Å². The zero-order chi connectivity index (χ0) is 15.4. The van der Waals surface area contributed by atoms with E-state index in [1.54, 1.807) is 30.1 Å². The number of amidine groups is 1. The fourth-order valence-corrected chi connectivity index (χ4v) is 2.00. The number of halogens is 2. The van der Waals surface area contributed by atoms with Crippen LogP contribution in [-0.4, -0.2) is 18.1 Å². The molecular formula is C15H15F2N3O. The Labute approximate surface area is 121 Å². The first-order valence-electron chi connectivity index (χ1n) is 6.25. The van der Waals surface area contributed by atoms with Gasteiger partial charge in [0.25, 0.3) is 0 Å². The second kappa shape index (κ2) is 6.21. The fourth-order valence-electron chi connectivity index (χ4n) is 2.00. The molecule has 3 N–H and O–H groups in total. The summed E-state index contributed by atoms with van der Waals surface area (Å²) in [7, 11) is 1.66. The maximum atomic E-state index is 14.1. The monoisotopic (exact) mass is 291 g/mol. The molecule has 21 heavy (non-hydrogen) atoms. The number of hydrogen-bond donors (Lipinski definition) is 2. The van der Waals surface area contributed by atoms with E-state index >= 15 is 0 Å². The molecule has 4 nitrogen and oxygen atoms in total. The van der Waals surface area contributed by atoms with Crippen molar-refractivity contribution in [2.24, 2.45) is 10.9 Å². The van der Waals surface area contributed by atoms with Crippen molar-refractivity contribution in [1.29, 1.82) is 0 Å². The second-order valence-electron chi connectivity index (χ2n) is 4.60. The molecule has 0 aliphatic rings. The van der Waals surface area contributed by atoms with Gasteiger partial charge < -0.3 is 15.8 Å². The molecule has 110 valence electrons. The highest BCUT2D eigenvalue weighted by atomic mass is 19.1. The Bertz CT molecular complexity index is 674. The lowest BCUT2D eigenvalue weighted by molar-refractivity contribution is 0.318. The molecule has 0 heterocycles. The number of anilines is 1. The SMILES string of the molecule is CN(Cc1ccccc1F)c1ccc(C(N)=NO)cc1F. The normalized spacial score (nSPS) is 11.5. The van der Waals surface area contributed by atoms with Crippen LogP contribution >= 0.6 is 0 Å². The Morgan fingerprint density at radius 3 is 2.52 bits per heavy atom. The minimum Gasteiger partial charge on any atom is -0.409 e. The molecule has 0 radical (unpaired) electrons. The summed E-state index contributed by atoms with van der Waals surface area (Å²) in [5.74, 6) is -1.03. The summed E-state index contributed by atoms with van der Waals surface area (Å²) in [6.07, 6.45) is 0. The van der Waals surface area contributed by atoms with Crippen LogP contribution in [0.4, 0.5) is 14.5 Å². The van der Waals surface area contributed by atoms with Gasteiger partial charge in [0.05, 0.1) is 5.69 Å². The van der Waals surface area contributed by atoms with Crippen molar-refractivity contribution in [1.82, 2.24) is 0 Å². The number of benzene rings is 2. The Morgan fingerprint density at radius 1 is 1.19 bits per heavy atom. The van der Waals surface area contributed by atoms with Crippen molar-refractivity contribution >= 4 is 11.5 Å². The summed E-state index contributed by atoms with van der Waals surface area (Å²) in [5.41, 5.74) is 6.45. The third-order valence-corrected chi connectivity index (χ3v) is 3.13. The van der Waals surface area contributed by atoms with Gasteiger partial charge in [-0.2, -0.15) is 0 Å². The van der Waals surface area contributed by atoms with Gasteiger partial charge in [-0.1, -0.05) is 23.4 Å². The summed E-state index contributed by atoms with van der Waals surface area (Å²) >= 11 is 0. The van der Waals surface area contributed by atoms with Crippen molar-refractivity contribution in [3.63, 3.8) is 0 Å². The van der Waals surface area contributed by atoms with Gasteiger partial charge in [-0.05, 0) is 24.3 Å². The van der Waals surface area contributed by atoms with Crippen LogP contribution in [-0.2, 0) is 6.54 Å². The Hall–Kier alpha value is -2.63. The largest absolute Gasteiger partial charge is 0.409 e. The van der Waals surface area contributed by atoms with Gasteiger partial charge in [-0.25, -0.2) is 8.78 Å². The van der Waals surface area contributed by atoms with Gasteiger partial charge in [-0.3, -0.25) is 0 Å². The second-order valence-corrected chi connectivity index (χ2v) is 4.60. The minimum absolute atomic E-state index is 0.169. The molecule has 0 bridgehead atoms. The Morgan fingerprint density at radius 2 is 1.90 bits per heavy atom. The molecule has 0 saturated heterocycles. The van der Waals surface area contributed by atoms with Crippen LogP contribution in [0.2, 0.25) is 0 Å². The predicted molar refractivity (Wildman–Crippen MR) is 77.4 cm³/mol. The summed E-state index contributed by atoms with van der Waals surface area (Å²) in [4.78, 5) is 1.59. The van der Waals surface area contributed by atoms with Gasteiger partial charge in [0.2, 0.25) is 0 Å². The molecule has 0 amide bonds. The van der Waals surface area contributed by atoms with Gasteiger partial charge in [-0.15, -0.1) is 0 Å². The molecule has 2 aromatic rings. The summed E-state index contributed by atoms with van der Waals surface area (Å²) in [5, 5.41) is 11.4. The van der Waals surface area contributed by atoms with Crippen LogP contribution < -0.4 is 10.6 Å². The Kier molecular flexibility index (Phi) is 4.37. The molecule has 0 unspecified atom stereocenters. The highest BCUT2D eigenvalue weighted by molar-refractivity contribution is 5.97. The average molecular weight is 291 g/mol. The first-order chi connectivity index (χ1) is 10.0. The van der Waals surface area contributed by atoms with Crippen LogP contribution in [0.3, 0.4) is 0 Å². The topological polar surface area (TPSA) is 61.8 Å². The average Bonchev–Trinajstić information content (AvgIpc) is 2.48. The number of oxime groups is 1. The molecule has 0 spiro atoms. The molecule has 0 aromatic heterocycles. The van der Waals surface area contributed by atoms with E-state index in [9.17, 15) is 8.78 Å². The zero-order valence-electron chi connectivity index (χ0n) is 11.4. The van der Waals surface area contributed by atoms with Gasteiger partial charge in [0.1, 0.15) is 11.6 Å². The van der Waals surface area contributed by atoms with Crippen molar-refractivity contribution < 1.29 is 14.0 Å². The van der Waals surface area contributed by atoms with Crippen molar-refractivity contribution in [3.8, 4) is 0 Å². The fraction of sp³-hybridized carbons (Fsp3) is 0.133. The van der Waals surface area contributed by atoms with E-state index in [1.807, 2.05) is 0 Å². The Balaban J connectivity index is 2.24. The molecule has 2 aromatic carbocycles. The van der Waals surface area contributed by atoms with Crippen LogP contribution in [0.25, 0.3) is 0 Å². The van der Waals surface area contributed by atoms with E-state index in [2.05, 4.69) is 5.16 Å². The van der Waals surface area contributed by atoms with Crippen LogP contribution in [0.5, 0.6) is 0 Å². The van der Waals surface area contributed by atoms with Crippen molar-refractivity contribution in [2.45, 2.75) is 6.54 Å². The number of nitrogens with zero attached hydrogens (tertiary/aromatic N) is 2. The number of hydrogen-bond acceptors (Lipinski definition) is 3. The van der Waals surface area contributed by atoms with Crippen molar-refractivity contribution in [3.05, 3.63) is 65.2 Å². The molecule has 0 fully saturated rings. The lowest BCUT2D eigenvalue weighted by Gasteiger charge is -2.20. The summed E-state index contributed by atoms with van der Waals surface area (Å²) in [6.45, 7) is 0.229. The van der Waals surface area contributed by atoms with E-state index < -0.39 is 5.82 Å². The summed E-state index contributed by atoms with van der Waals surface area (Å²) in [6, 6.07) is 10.5. The molecule has 0 saturated carbocycles. The maximum absolute atomic E-state index is 14.1. The maximum Gasteiger partial charge on any atom is 0.170 e. The third-order valence-electron chi connectivity index (χ3n) is 3.13. The highest BCUT2D eigenvalue weighted by Crippen LogP contribution is 2.22. The number of rotatable bonds is 4. The van der Waals surface area contributed by atoms with Crippen LogP contribution in [0, 0.1) is 11.6 Å². The van der Waals surface area contributed by atoms with Crippen LogP contribution in [0.15, 0.2) is 47.6 Å². The zero-order valence-corrected chi connectivity index (χ0v) is 11.4. The molecular weight excluding hydrogens is 276 g/mol. The predicted octanol–water partition coefficient (Wildman–Crippen LogP) is 2.70. The van der Waals surface area contributed by atoms with Gasteiger partial charge in [0.15, 0.2) is 5.84 Å². The molecule has 2 rings (SSSR count). The first-order valence-corrected chi connectivity index (χ1v) is 6.25. The molecule has 6 heteroatoms. The minimum atomic E-state index is -0.530. The lowest BCUT2D eigenvalue weighted by atomic mass is 10.1. The smallest absolute Gasteiger partial charge is 0.170 e. The quantitative estimate of drug-likeness (QED) is 0.394. The first kappa shape index (κ1) is 14.8. The highest BCUT2D eigenvalue weighted by Gasteiger charge is 2.12.